The number of nitrogens with one attached hydrogen (secondary N) is 1. The number of carbonyl (C=O) groups is 1. The first-order valence-corrected chi connectivity index (χ1v) is 9.00. The monoisotopic (exact) mass is 373 g/mol. The van der Waals surface area contributed by atoms with Crippen LogP contribution >= 0.6 is 0 Å². The number of phenolic OH excluding ortho intramolecular Hbond substituents is 1. The second-order valence-electron chi connectivity index (χ2n) is 6.56. The highest BCUT2D eigenvalue weighted by atomic mass is 16.3. The zero-order chi connectivity index (χ0) is 19.7. The molecule has 0 atom stereocenters. The van der Waals surface area contributed by atoms with Crippen molar-refractivity contribution in [3.63, 3.8) is 0 Å². The Morgan fingerprint density at radius 2 is 2.07 bits per heavy atom. The van der Waals surface area contributed by atoms with E-state index in [4.69, 9.17) is 4.42 Å². The predicted octanol–water partition coefficient (Wildman–Crippen LogP) is 4.72. The van der Waals surface area contributed by atoms with Crippen molar-refractivity contribution in [1.29, 1.82) is 0 Å². The normalized spacial score (nSPS) is 10.9. The van der Waals surface area contributed by atoms with Crippen LogP contribution in [0.1, 0.15) is 28.4 Å². The summed E-state index contributed by atoms with van der Waals surface area (Å²) in [6.07, 6.45) is 4.00. The number of carbonyl (C=O) groups excluding carboxylic acids is 1. The molecule has 28 heavy (non-hydrogen) atoms. The van der Waals surface area contributed by atoms with Gasteiger partial charge in [-0.15, -0.1) is 0 Å². The van der Waals surface area contributed by atoms with Crippen LogP contribution in [0.4, 0.5) is 5.69 Å². The number of aryl methyl sites for hydroxylation is 2. The maximum absolute atomic E-state index is 12.4. The minimum atomic E-state index is -0.283. The van der Waals surface area contributed by atoms with Gasteiger partial charge in [0.1, 0.15) is 11.3 Å². The van der Waals surface area contributed by atoms with Crippen LogP contribution in [-0.2, 0) is 6.42 Å². The number of hydrogen-bond donors (Lipinski definition) is 2. The van der Waals surface area contributed by atoms with Crippen molar-refractivity contribution < 1.29 is 14.3 Å². The number of phenols is 1. The molecule has 0 bridgehead atoms. The summed E-state index contributed by atoms with van der Waals surface area (Å²) in [5.41, 5.74) is 4.56. The molecule has 0 saturated heterocycles. The molecule has 0 aliphatic carbocycles. The SMILES string of the molecule is CCc1ccc2oc(-c3cc(NC(=O)c4cccnc4)cc(C)c3O)nc2c1. The Bertz CT molecular complexity index is 1170. The average molecular weight is 373 g/mol. The van der Waals surface area contributed by atoms with Gasteiger partial charge in [-0.1, -0.05) is 13.0 Å². The van der Waals surface area contributed by atoms with Crippen molar-refractivity contribution in [2.75, 3.05) is 5.32 Å². The number of fused-ring (bicyclic) bond motifs is 1. The lowest BCUT2D eigenvalue weighted by Crippen LogP contribution is -2.12. The van der Waals surface area contributed by atoms with Gasteiger partial charge in [-0.2, -0.15) is 0 Å². The average Bonchev–Trinajstić information content (AvgIpc) is 3.14. The third-order valence-corrected chi connectivity index (χ3v) is 4.57. The molecule has 2 N–H and O–H groups in total. The zero-order valence-electron chi connectivity index (χ0n) is 15.6. The fourth-order valence-corrected chi connectivity index (χ4v) is 3.02. The van der Waals surface area contributed by atoms with Crippen LogP contribution in [0, 0.1) is 6.92 Å². The molecule has 0 aliphatic heterocycles. The number of benzene rings is 2. The van der Waals surface area contributed by atoms with E-state index in [1.165, 1.54) is 6.20 Å². The zero-order valence-corrected chi connectivity index (χ0v) is 15.6. The van der Waals surface area contributed by atoms with Gasteiger partial charge in [0.15, 0.2) is 5.58 Å². The molecule has 4 rings (SSSR count). The van der Waals surface area contributed by atoms with E-state index in [-0.39, 0.29) is 11.7 Å². The molecule has 0 unspecified atom stereocenters. The fourth-order valence-electron chi connectivity index (χ4n) is 3.02. The van der Waals surface area contributed by atoms with Crippen LogP contribution in [0.5, 0.6) is 5.75 Å². The van der Waals surface area contributed by atoms with E-state index in [9.17, 15) is 9.90 Å². The quantitative estimate of drug-likeness (QED) is 0.505. The van der Waals surface area contributed by atoms with Gasteiger partial charge in [0, 0.05) is 18.1 Å². The van der Waals surface area contributed by atoms with Crippen molar-refractivity contribution >= 4 is 22.7 Å². The Labute approximate surface area is 161 Å². The molecule has 0 radical (unpaired) electrons. The number of pyridine rings is 1. The van der Waals surface area contributed by atoms with Gasteiger partial charge in [-0.3, -0.25) is 9.78 Å². The number of nitrogens with zero attached hydrogens (tertiary/aromatic N) is 2. The Hall–Kier alpha value is -3.67. The summed E-state index contributed by atoms with van der Waals surface area (Å²) in [7, 11) is 0. The van der Waals surface area contributed by atoms with Crippen molar-refractivity contribution in [2.24, 2.45) is 0 Å². The molecule has 0 aliphatic rings. The highest BCUT2D eigenvalue weighted by Crippen LogP contribution is 2.36. The lowest BCUT2D eigenvalue weighted by molar-refractivity contribution is 0.102. The van der Waals surface area contributed by atoms with Gasteiger partial charge < -0.3 is 14.8 Å². The minimum absolute atomic E-state index is 0.0710. The maximum Gasteiger partial charge on any atom is 0.257 e. The van der Waals surface area contributed by atoms with Gasteiger partial charge in [0.25, 0.3) is 5.91 Å². The van der Waals surface area contributed by atoms with Crippen molar-refractivity contribution in [3.05, 3.63) is 71.5 Å². The van der Waals surface area contributed by atoms with E-state index < -0.39 is 0 Å². The van der Waals surface area contributed by atoms with Crippen LogP contribution in [0.15, 0.2) is 59.3 Å². The minimum Gasteiger partial charge on any atom is -0.507 e. The molecule has 4 aromatic rings. The standard InChI is InChI=1S/C22H19N3O3/c1-3-14-6-7-19-18(10-14)25-22(28-19)17-11-16(9-13(2)20(17)26)24-21(27)15-5-4-8-23-12-15/h4-12,26H,3H2,1-2H3,(H,24,27). The van der Waals surface area contributed by atoms with Crippen molar-refractivity contribution in [2.45, 2.75) is 20.3 Å². The lowest BCUT2D eigenvalue weighted by Gasteiger charge is -2.10. The van der Waals surface area contributed by atoms with Crippen LogP contribution in [0.25, 0.3) is 22.6 Å². The summed E-state index contributed by atoms with van der Waals surface area (Å²) in [6.45, 7) is 3.84. The highest BCUT2D eigenvalue weighted by molar-refractivity contribution is 6.04. The van der Waals surface area contributed by atoms with E-state index >= 15 is 0 Å². The van der Waals surface area contributed by atoms with Crippen molar-refractivity contribution in [3.8, 4) is 17.2 Å². The predicted molar refractivity (Wildman–Crippen MR) is 107 cm³/mol. The summed E-state index contributed by atoms with van der Waals surface area (Å²) in [4.78, 5) is 20.9. The largest absolute Gasteiger partial charge is 0.507 e. The molecule has 6 nitrogen and oxygen atoms in total. The Morgan fingerprint density at radius 1 is 1.21 bits per heavy atom. The van der Waals surface area contributed by atoms with Gasteiger partial charge in [-0.05, 0) is 60.9 Å². The molecule has 0 saturated carbocycles. The van der Waals surface area contributed by atoms with Crippen LogP contribution in [0.2, 0.25) is 0 Å². The second-order valence-corrected chi connectivity index (χ2v) is 6.56. The lowest BCUT2D eigenvalue weighted by atomic mass is 10.1. The number of rotatable bonds is 4. The van der Waals surface area contributed by atoms with Gasteiger partial charge >= 0.3 is 0 Å². The molecule has 1 amide bonds. The van der Waals surface area contributed by atoms with Crippen LogP contribution < -0.4 is 5.32 Å². The number of oxazole rings is 1. The van der Waals surface area contributed by atoms with Crippen LogP contribution in [-0.4, -0.2) is 21.0 Å². The smallest absolute Gasteiger partial charge is 0.257 e. The number of hydrogen-bond acceptors (Lipinski definition) is 5. The van der Waals surface area contributed by atoms with Gasteiger partial charge in [-0.25, -0.2) is 4.98 Å². The molecule has 0 spiro atoms. The maximum atomic E-state index is 12.4. The Kier molecular flexibility index (Phi) is 4.53. The summed E-state index contributed by atoms with van der Waals surface area (Å²) in [6, 6.07) is 12.6. The van der Waals surface area contributed by atoms with Gasteiger partial charge in [0.05, 0.1) is 11.1 Å². The second kappa shape index (κ2) is 7.15. The third-order valence-electron chi connectivity index (χ3n) is 4.57. The fraction of sp³-hybridized carbons (Fsp3) is 0.136. The molecular formula is C22H19N3O3. The van der Waals surface area contributed by atoms with Crippen molar-refractivity contribution in [1.82, 2.24) is 9.97 Å². The van der Waals surface area contributed by atoms with Gasteiger partial charge in [0.2, 0.25) is 5.89 Å². The summed E-state index contributed by atoms with van der Waals surface area (Å²) >= 11 is 0. The van der Waals surface area contributed by atoms with E-state index in [1.54, 1.807) is 37.4 Å². The number of aromatic nitrogens is 2. The Morgan fingerprint density at radius 3 is 2.82 bits per heavy atom. The molecule has 2 heterocycles. The first-order valence-electron chi connectivity index (χ1n) is 9.00. The molecule has 2 aromatic heterocycles. The number of anilines is 1. The molecular weight excluding hydrogens is 354 g/mol. The number of aromatic hydroxyl groups is 1. The van der Waals surface area contributed by atoms with Crippen LogP contribution in [0.3, 0.4) is 0 Å². The molecule has 2 aromatic carbocycles. The van der Waals surface area contributed by atoms with E-state index in [0.29, 0.717) is 33.9 Å². The number of amides is 1. The van der Waals surface area contributed by atoms with E-state index in [2.05, 4.69) is 22.2 Å². The van der Waals surface area contributed by atoms with E-state index in [0.717, 1.165) is 17.5 Å². The summed E-state index contributed by atoms with van der Waals surface area (Å²) in [5.74, 6) is 0.0947. The van der Waals surface area contributed by atoms with E-state index in [1.807, 2.05) is 18.2 Å². The topological polar surface area (TPSA) is 88.2 Å². The molecule has 6 heteroatoms. The molecule has 140 valence electrons. The summed E-state index contributed by atoms with van der Waals surface area (Å²) in [5, 5.41) is 13.4. The third kappa shape index (κ3) is 3.32. The summed E-state index contributed by atoms with van der Waals surface area (Å²) < 4.78 is 5.84. The first kappa shape index (κ1) is 17.7. The highest BCUT2D eigenvalue weighted by Gasteiger charge is 2.17. The molecule has 0 fully saturated rings. The first-order chi connectivity index (χ1) is 13.5. The Balaban J connectivity index is 1.72.